The second-order valence-electron chi connectivity index (χ2n) is 7.02. The highest BCUT2D eigenvalue weighted by atomic mass is 19.3. The van der Waals surface area contributed by atoms with Crippen molar-refractivity contribution in [1.82, 2.24) is 15.0 Å². The average molecular weight is 371 g/mol. The molecule has 0 spiro atoms. The summed E-state index contributed by atoms with van der Waals surface area (Å²) in [6.45, 7) is 0.994. The SMILES string of the molecule is Fc1ccc(CNc2nc(N3CC4C(C3)C4(F)F)c3ccccc3n2)cn1. The lowest BCUT2D eigenvalue weighted by Crippen LogP contribution is -2.28. The summed E-state index contributed by atoms with van der Waals surface area (Å²) in [7, 11) is 0. The molecule has 1 aromatic carbocycles. The van der Waals surface area contributed by atoms with Crippen molar-refractivity contribution >= 4 is 22.7 Å². The van der Waals surface area contributed by atoms with Gasteiger partial charge in [-0.15, -0.1) is 0 Å². The molecule has 0 amide bonds. The summed E-state index contributed by atoms with van der Waals surface area (Å²) in [5.41, 5.74) is 1.53. The highest BCUT2D eigenvalue weighted by Crippen LogP contribution is 2.59. The number of fused-ring (bicyclic) bond motifs is 2. The van der Waals surface area contributed by atoms with Crippen LogP contribution in [0.4, 0.5) is 24.9 Å². The molecule has 138 valence electrons. The largest absolute Gasteiger partial charge is 0.355 e. The van der Waals surface area contributed by atoms with Crippen LogP contribution in [-0.4, -0.2) is 34.0 Å². The Balaban J connectivity index is 1.43. The van der Waals surface area contributed by atoms with E-state index in [0.717, 1.165) is 16.5 Å². The van der Waals surface area contributed by atoms with E-state index < -0.39 is 23.7 Å². The Bertz CT molecular complexity index is 994. The van der Waals surface area contributed by atoms with Crippen molar-refractivity contribution < 1.29 is 13.2 Å². The van der Waals surface area contributed by atoms with Crippen LogP contribution >= 0.6 is 0 Å². The minimum atomic E-state index is -2.53. The maximum atomic E-state index is 13.6. The minimum absolute atomic E-state index is 0.306. The van der Waals surface area contributed by atoms with Crippen LogP contribution in [-0.2, 0) is 6.54 Å². The van der Waals surface area contributed by atoms with Crippen molar-refractivity contribution in [3.63, 3.8) is 0 Å². The molecular formula is C19H16F3N5. The molecule has 3 aromatic rings. The number of rotatable bonds is 4. The first-order chi connectivity index (χ1) is 13.0. The number of alkyl halides is 2. The van der Waals surface area contributed by atoms with Crippen LogP contribution in [0, 0.1) is 17.8 Å². The van der Waals surface area contributed by atoms with Gasteiger partial charge in [0.15, 0.2) is 0 Å². The first-order valence-corrected chi connectivity index (χ1v) is 8.76. The zero-order valence-corrected chi connectivity index (χ0v) is 14.2. The lowest BCUT2D eigenvalue weighted by Gasteiger charge is -2.23. The van der Waals surface area contributed by atoms with Gasteiger partial charge in [-0.1, -0.05) is 18.2 Å². The number of hydrogen-bond acceptors (Lipinski definition) is 5. The highest BCUT2D eigenvalue weighted by molar-refractivity contribution is 5.90. The third-order valence-corrected chi connectivity index (χ3v) is 5.32. The van der Waals surface area contributed by atoms with E-state index in [2.05, 4.69) is 20.3 Å². The smallest absolute Gasteiger partial charge is 0.258 e. The number of halogens is 3. The van der Waals surface area contributed by atoms with E-state index in [1.54, 1.807) is 6.07 Å². The minimum Gasteiger partial charge on any atom is -0.355 e. The van der Waals surface area contributed by atoms with Gasteiger partial charge in [-0.2, -0.15) is 9.37 Å². The number of piperidine rings is 1. The molecule has 5 rings (SSSR count). The maximum Gasteiger partial charge on any atom is 0.258 e. The van der Waals surface area contributed by atoms with Gasteiger partial charge in [0.25, 0.3) is 5.92 Å². The van der Waals surface area contributed by atoms with E-state index in [4.69, 9.17) is 0 Å². The highest BCUT2D eigenvalue weighted by Gasteiger charge is 2.71. The van der Waals surface area contributed by atoms with Crippen LogP contribution in [0.5, 0.6) is 0 Å². The van der Waals surface area contributed by atoms with Crippen LogP contribution in [0.1, 0.15) is 5.56 Å². The monoisotopic (exact) mass is 371 g/mol. The Labute approximate surface area is 153 Å². The molecule has 2 atom stereocenters. The van der Waals surface area contributed by atoms with Gasteiger partial charge < -0.3 is 10.2 Å². The number of hydrogen-bond donors (Lipinski definition) is 1. The number of nitrogens with one attached hydrogen (secondary N) is 1. The first-order valence-electron chi connectivity index (χ1n) is 8.76. The predicted molar refractivity (Wildman–Crippen MR) is 95.2 cm³/mol. The standard InChI is InChI=1S/C19H16F3N5/c20-16-6-5-11(7-23-16)8-24-18-25-15-4-2-1-3-12(15)17(26-18)27-9-13-14(10-27)19(13,21)22/h1-7,13-14H,8-10H2,(H,24,25,26). The van der Waals surface area contributed by atoms with Crippen LogP contribution in [0.15, 0.2) is 42.6 Å². The molecule has 1 saturated heterocycles. The summed E-state index contributed by atoms with van der Waals surface area (Å²) in [6.07, 6.45) is 1.44. The van der Waals surface area contributed by atoms with Crippen LogP contribution in [0.3, 0.4) is 0 Å². The molecule has 2 aromatic heterocycles. The molecular weight excluding hydrogens is 355 g/mol. The lowest BCUT2D eigenvalue weighted by atomic mass is 10.2. The molecule has 1 aliphatic carbocycles. The molecule has 2 aliphatic rings. The molecule has 0 radical (unpaired) electrons. The Morgan fingerprint density at radius 3 is 2.59 bits per heavy atom. The Morgan fingerprint density at radius 2 is 1.85 bits per heavy atom. The van der Waals surface area contributed by atoms with Gasteiger partial charge in [-0.3, -0.25) is 0 Å². The second-order valence-corrected chi connectivity index (χ2v) is 7.02. The average Bonchev–Trinajstić information content (AvgIpc) is 3.00. The fraction of sp³-hybridized carbons (Fsp3) is 0.316. The predicted octanol–water partition coefficient (Wildman–Crippen LogP) is 3.48. The summed E-state index contributed by atoms with van der Waals surface area (Å²) >= 11 is 0. The molecule has 0 bridgehead atoms. The fourth-order valence-corrected chi connectivity index (χ4v) is 3.75. The van der Waals surface area contributed by atoms with E-state index >= 15 is 0 Å². The lowest BCUT2D eigenvalue weighted by molar-refractivity contribution is 0.0797. The van der Waals surface area contributed by atoms with Crippen molar-refractivity contribution in [3.05, 3.63) is 54.1 Å². The zero-order chi connectivity index (χ0) is 18.6. The third-order valence-electron chi connectivity index (χ3n) is 5.32. The maximum absolute atomic E-state index is 13.6. The number of nitrogens with zero attached hydrogens (tertiary/aromatic N) is 4. The first kappa shape index (κ1) is 16.3. The van der Waals surface area contributed by atoms with Gasteiger partial charge in [0.2, 0.25) is 11.9 Å². The molecule has 1 saturated carbocycles. The quantitative estimate of drug-likeness (QED) is 0.712. The summed E-state index contributed by atoms with van der Waals surface area (Å²) < 4.78 is 40.0. The molecule has 2 fully saturated rings. The molecule has 5 nitrogen and oxygen atoms in total. The number of anilines is 2. The van der Waals surface area contributed by atoms with E-state index in [1.807, 2.05) is 29.2 Å². The topological polar surface area (TPSA) is 53.9 Å². The third kappa shape index (κ3) is 2.75. The van der Waals surface area contributed by atoms with Crippen LogP contribution < -0.4 is 10.2 Å². The molecule has 8 heteroatoms. The number of benzene rings is 1. The van der Waals surface area contributed by atoms with E-state index in [9.17, 15) is 13.2 Å². The summed E-state index contributed by atoms with van der Waals surface area (Å²) in [4.78, 5) is 14.6. The van der Waals surface area contributed by atoms with Gasteiger partial charge in [0.1, 0.15) is 5.82 Å². The fourth-order valence-electron chi connectivity index (χ4n) is 3.75. The van der Waals surface area contributed by atoms with E-state index in [1.165, 1.54) is 12.3 Å². The summed E-state index contributed by atoms with van der Waals surface area (Å²) in [6, 6.07) is 10.5. The molecule has 1 N–H and O–H groups in total. The number of para-hydroxylation sites is 1. The Morgan fingerprint density at radius 1 is 1.07 bits per heavy atom. The van der Waals surface area contributed by atoms with E-state index in [0.29, 0.717) is 31.4 Å². The van der Waals surface area contributed by atoms with E-state index in [-0.39, 0.29) is 0 Å². The van der Waals surface area contributed by atoms with Crippen molar-refractivity contribution in [2.75, 3.05) is 23.3 Å². The molecule has 1 aliphatic heterocycles. The molecule has 2 unspecified atom stereocenters. The summed E-state index contributed by atoms with van der Waals surface area (Å²) in [5.74, 6) is -3.15. The van der Waals surface area contributed by atoms with Gasteiger partial charge in [-0.25, -0.2) is 18.7 Å². The van der Waals surface area contributed by atoms with Crippen molar-refractivity contribution in [1.29, 1.82) is 0 Å². The van der Waals surface area contributed by atoms with Crippen molar-refractivity contribution in [2.24, 2.45) is 11.8 Å². The second kappa shape index (κ2) is 5.80. The Hall–Kier alpha value is -2.90. The van der Waals surface area contributed by atoms with Crippen LogP contribution in [0.2, 0.25) is 0 Å². The van der Waals surface area contributed by atoms with Gasteiger partial charge in [0, 0.05) is 31.2 Å². The van der Waals surface area contributed by atoms with Crippen LogP contribution in [0.25, 0.3) is 10.9 Å². The summed E-state index contributed by atoms with van der Waals surface area (Å²) in [5, 5.41) is 3.96. The molecule has 3 heterocycles. The normalized spacial score (nSPS) is 22.7. The van der Waals surface area contributed by atoms with Gasteiger partial charge in [0.05, 0.1) is 17.4 Å². The molecule has 27 heavy (non-hydrogen) atoms. The zero-order valence-electron chi connectivity index (χ0n) is 14.2. The van der Waals surface area contributed by atoms with Crippen molar-refractivity contribution in [3.8, 4) is 0 Å². The Kier molecular flexibility index (Phi) is 3.50. The van der Waals surface area contributed by atoms with Gasteiger partial charge in [-0.05, 0) is 23.8 Å². The van der Waals surface area contributed by atoms with Crippen molar-refractivity contribution in [2.45, 2.75) is 12.5 Å². The number of pyridine rings is 1. The van der Waals surface area contributed by atoms with Gasteiger partial charge >= 0.3 is 0 Å². The number of aromatic nitrogens is 3.